The Morgan fingerprint density at radius 1 is 0.880 bits per heavy atom. The number of aromatic nitrogens is 3. The van der Waals surface area contributed by atoms with E-state index in [-0.39, 0.29) is 68.2 Å². The van der Waals surface area contributed by atoms with Crippen LogP contribution in [0.5, 0.6) is 0 Å². The average molecular weight is 1120 g/mol. The lowest BCUT2D eigenvalue weighted by Crippen LogP contribution is -2.56. The van der Waals surface area contributed by atoms with Gasteiger partial charge in [-0.2, -0.15) is 21.6 Å². The third-order valence-electron chi connectivity index (χ3n) is 12.3. The number of ether oxygens (including phenoxy) is 1. The lowest BCUT2D eigenvalue weighted by Gasteiger charge is -2.28. The minimum atomic E-state index is -1.12. The van der Waals surface area contributed by atoms with Crippen LogP contribution in [0.1, 0.15) is 63.5 Å². The molecule has 4 heterocycles. The fourth-order valence-corrected chi connectivity index (χ4v) is 9.21. The van der Waals surface area contributed by atoms with Crippen LogP contribution in [0.4, 0.5) is 21.2 Å². The van der Waals surface area contributed by atoms with Crippen molar-refractivity contribution in [2.45, 2.75) is 77.6 Å². The number of rotatable bonds is 21. The van der Waals surface area contributed by atoms with E-state index in [2.05, 4.69) is 72.9 Å². The van der Waals surface area contributed by atoms with E-state index in [0.717, 1.165) is 54.8 Å². The molecular weight excluding hydrogens is 1050 g/mol. The highest BCUT2D eigenvalue weighted by Crippen LogP contribution is 2.33. The lowest BCUT2D eigenvalue weighted by molar-refractivity contribution is -0.140. The second-order valence-electron chi connectivity index (χ2n) is 18.4. The summed E-state index contributed by atoms with van der Waals surface area (Å²) in [6.07, 6.45) is 2.40. The maximum absolute atomic E-state index is 14.0. The number of amides is 9. The molecule has 75 heavy (non-hydrogen) atoms. The zero-order valence-electron chi connectivity index (χ0n) is 42.8. The Kier molecular flexibility index (Phi) is 21.8. The van der Waals surface area contributed by atoms with Gasteiger partial charge in [-0.25, -0.2) is 14.1 Å². The first-order chi connectivity index (χ1) is 36.1. The van der Waals surface area contributed by atoms with Gasteiger partial charge in [0.1, 0.15) is 12.6 Å². The number of nitrogens with two attached hydrogens (primary N) is 1. The average Bonchev–Trinajstić information content (AvgIpc) is 3.99. The number of halogens is 1. The molecule has 2 unspecified atom stereocenters. The number of likely N-dealkylation sites (tertiary alicyclic amines) is 1. The summed E-state index contributed by atoms with van der Waals surface area (Å²) in [5, 5.41) is 15.0. The number of likely N-dealkylation sites (N-methyl/N-ethyl adjacent to an activating group) is 2. The van der Waals surface area contributed by atoms with Crippen LogP contribution >= 0.6 is 27.7 Å². The van der Waals surface area contributed by atoms with Gasteiger partial charge in [-0.15, -0.1) is 5.10 Å². The van der Waals surface area contributed by atoms with Crippen molar-refractivity contribution in [3.63, 3.8) is 0 Å². The quantitative estimate of drug-likeness (QED) is 0.0592. The number of nitrogens with one attached hydrogen (secondary N) is 4. The molecule has 3 aliphatic rings. The lowest BCUT2D eigenvalue weighted by atomic mass is 10.0. The van der Waals surface area contributed by atoms with E-state index >= 15 is 0 Å². The number of primary amides is 1. The Morgan fingerprint density at radius 2 is 1.56 bits per heavy atom. The largest absolute Gasteiger partial charge is 0.445 e. The van der Waals surface area contributed by atoms with Gasteiger partial charge in [0.25, 0.3) is 5.95 Å². The minimum absolute atomic E-state index is 0.0182. The van der Waals surface area contributed by atoms with E-state index in [1.807, 2.05) is 36.0 Å². The number of anilines is 2. The highest BCUT2D eigenvalue weighted by Gasteiger charge is 2.41. The smallest absolute Gasteiger partial charge is 0.409 e. The molecule has 3 fully saturated rings. The van der Waals surface area contributed by atoms with Crippen LogP contribution in [-0.2, 0) is 46.7 Å². The van der Waals surface area contributed by atoms with Gasteiger partial charge in [-0.1, -0.05) is 78.7 Å². The maximum atomic E-state index is 14.0. The molecule has 1 aliphatic carbocycles. The number of benzene rings is 2. The van der Waals surface area contributed by atoms with Crippen molar-refractivity contribution in [1.29, 1.82) is 0 Å². The third kappa shape index (κ3) is 16.7. The van der Waals surface area contributed by atoms with Crippen molar-refractivity contribution >= 4 is 100 Å². The fraction of sp³-hybridized carbons (Fsp3) is 0.480. The van der Waals surface area contributed by atoms with E-state index in [9.17, 15) is 38.4 Å². The van der Waals surface area contributed by atoms with Gasteiger partial charge in [-0.3, -0.25) is 33.7 Å². The van der Waals surface area contributed by atoms with Gasteiger partial charge < -0.3 is 46.3 Å². The first-order valence-electron chi connectivity index (χ1n) is 25.0. The van der Waals surface area contributed by atoms with Crippen LogP contribution < -0.4 is 31.7 Å². The molecule has 2 aromatic heterocycles. The van der Waals surface area contributed by atoms with Gasteiger partial charge in [0.15, 0.2) is 5.65 Å². The molecule has 1 saturated carbocycles. The highest BCUT2D eigenvalue weighted by molar-refractivity contribution is 9.09. The Bertz CT molecular complexity index is 2640. The zero-order chi connectivity index (χ0) is 54.0. The van der Waals surface area contributed by atoms with Crippen LogP contribution in [0.15, 0.2) is 66.7 Å². The van der Waals surface area contributed by atoms with Gasteiger partial charge in [0.2, 0.25) is 35.4 Å². The Morgan fingerprint density at radius 3 is 2.23 bits per heavy atom. The normalized spacial score (nSPS) is 15.6. The van der Waals surface area contributed by atoms with Gasteiger partial charge >= 0.3 is 19.7 Å². The van der Waals surface area contributed by atoms with E-state index < -0.39 is 47.8 Å². The molecule has 2 atom stereocenters. The number of hydrogen-bond donors (Lipinski definition) is 5. The molecule has 0 bridgehead atoms. The van der Waals surface area contributed by atoms with Crippen molar-refractivity contribution in [3.05, 3.63) is 77.9 Å². The summed E-state index contributed by atoms with van der Waals surface area (Å²) in [5.74, 6) is -1.22. The number of thioether (sulfide) groups is 1. The number of urea groups is 1. The number of fused-ring (bicyclic) bond motifs is 1. The molecule has 2 aromatic carbocycles. The third-order valence-corrected chi connectivity index (χ3v) is 13.7. The molecule has 1 radical (unpaired) electrons. The van der Waals surface area contributed by atoms with E-state index in [4.69, 9.17) is 15.6 Å². The molecule has 22 nitrogen and oxygen atoms in total. The minimum Gasteiger partial charge on any atom is -0.445 e. The van der Waals surface area contributed by atoms with Gasteiger partial charge in [0.05, 0.1) is 23.6 Å². The van der Waals surface area contributed by atoms with E-state index in [1.165, 1.54) is 33.7 Å². The zero-order valence-corrected chi connectivity index (χ0v) is 45.2. The maximum Gasteiger partial charge on any atom is 0.409 e. The molecule has 25 heteroatoms. The summed E-state index contributed by atoms with van der Waals surface area (Å²) in [4.78, 5) is 115. The molecule has 401 valence electrons. The number of hydrogen-bond acceptors (Lipinski definition) is 14. The molecule has 6 N–H and O–H groups in total. The Labute approximate surface area is 450 Å². The topological polar surface area (TPSA) is 266 Å². The van der Waals surface area contributed by atoms with Crippen molar-refractivity contribution in [1.82, 2.24) is 50.0 Å². The standard InChI is InChI=1S/C47H58BBrN13O9S.C3H8/c1-57(46(69)61(43(67)33-14-15-33)45-53-39-7-3-5-36(62(39)56-45)32-12-8-30(9-13-32)28-59-21-23-72-24-22-59)19-20-58(2)47(70)71-29-31-10-16-34(17-11-31)52-41(65)27-51-42(66)37-6-4-18-60(37)44(68)35(25-38(50)63)54-48-55-40(64)26-49;1-3-2/h3,5,7-13,16-17,33,35,37,54H,4,6,14-15,18-29H2,1-2H3,(H2,50,63)(H,51,66)(H,52,65)(H,55,64);3H2,1-2H3. The highest BCUT2D eigenvalue weighted by atomic mass is 79.9. The van der Waals surface area contributed by atoms with Crippen molar-refractivity contribution in [2.24, 2.45) is 11.7 Å². The SMILES string of the molecule is CCC.CN(CCN(C)C(=O)N(C(=O)C1CC1)c1nc2cccc(-c3ccc(CN4CCSCC4)cc3)n2n1)C(=O)OCc1ccc(NC(=O)CNC(=O)C2CCCN2C(=O)C(CC(N)=O)N[B]NC(=O)CBr)cc1. The molecule has 2 aliphatic heterocycles. The summed E-state index contributed by atoms with van der Waals surface area (Å²) in [6.45, 7) is 7.20. The second-order valence-corrected chi connectivity index (χ2v) is 20.2. The summed E-state index contributed by atoms with van der Waals surface area (Å²) >= 11 is 4.99. The van der Waals surface area contributed by atoms with Crippen molar-refractivity contribution in [3.8, 4) is 11.3 Å². The van der Waals surface area contributed by atoms with Crippen LogP contribution in [0.2, 0.25) is 0 Å². The number of alkyl halides is 1. The summed E-state index contributed by atoms with van der Waals surface area (Å²) in [6, 6.07) is 17.8. The van der Waals surface area contributed by atoms with Gasteiger partial charge in [0, 0.05) is 88.5 Å². The molecule has 4 aromatic rings. The second kappa shape index (κ2) is 28.4. The van der Waals surface area contributed by atoms with Gasteiger partial charge in [-0.05, 0) is 61.1 Å². The molecule has 9 amide bonds. The molecule has 2 saturated heterocycles. The van der Waals surface area contributed by atoms with Crippen LogP contribution in [0, 0.1) is 5.92 Å². The Hall–Kier alpha value is -6.57. The van der Waals surface area contributed by atoms with E-state index in [1.54, 1.807) is 41.9 Å². The van der Waals surface area contributed by atoms with E-state index in [0.29, 0.717) is 42.6 Å². The predicted octanol–water partition coefficient (Wildman–Crippen LogP) is 3.35. The van der Waals surface area contributed by atoms with Crippen LogP contribution in [0.3, 0.4) is 0 Å². The monoisotopic (exact) mass is 1110 g/mol. The summed E-state index contributed by atoms with van der Waals surface area (Å²) < 4.78 is 7.15. The summed E-state index contributed by atoms with van der Waals surface area (Å²) in [7, 11) is 4.21. The molecule has 0 spiro atoms. The van der Waals surface area contributed by atoms with Crippen LogP contribution in [-0.4, -0.2) is 172 Å². The van der Waals surface area contributed by atoms with Crippen LogP contribution in [0.25, 0.3) is 16.9 Å². The number of pyridine rings is 1. The molecule has 7 rings (SSSR count). The molecular formula is C50H66BBrN13O9S. The van der Waals surface area contributed by atoms with Crippen molar-refractivity contribution in [2.75, 3.05) is 80.4 Å². The number of carbonyl (C=O) groups is 8. The fourth-order valence-electron chi connectivity index (χ4n) is 8.07. The Balaban J connectivity index is 0.00000297. The predicted molar refractivity (Wildman–Crippen MR) is 289 cm³/mol. The first kappa shape index (κ1) is 57.7. The first-order valence-corrected chi connectivity index (χ1v) is 27.3. The number of carbonyl (C=O) groups excluding carboxylic acids is 8. The summed E-state index contributed by atoms with van der Waals surface area (Å²) in [5.41, 5.74) is 9.75. The van der Waals surface area contributed by atoms with Crippen molar-refractivity contribution < 1.29 is 43.1 Å². The number of nitrogens with zero attached hydrogens (tertiary/aromatic N) is 8. The number of imide groups is 1.